The molecular formula is C11H9BO5. The van der Waals surface area contributed by atoms with Crippen LogP contribution < -0.4 is 0 Å². The molecule has 0 aliphatic rings. The maximum Gasteiger partial charge on any atom is 0.673 e. The van der Waals surface area contributed by atoms with Gasteiger partial charge in [-0.05, 0) is 16.8 Å². The van der Waals surface area contributed by atoms with Gasteiger partial charge in [-0.15, -0.1) is 0 Å². The predicted molar refractivity (Wildman–Crippen MR) is 60.6 cm³/mol. The molecule has 0 heterocycles. The van der Waals surface area contributed by atoms with Crippen LogP contribution in [0.15, 0.2) is 42.5 Å². The first-order valence-corrected chi connectivity index (χ1v) is 4.90. The van der Waals surface area contributed by atoms with E-state index in [0.717, 1.165) is 5.39 Å². The van der Waals surface area contributed by atoms with Crippen LogP contribution >= 0.6 is 0 Å². The molecule has 86 valence electrons. The van der Waals surface area contributed by atoms with Crippen molar-refractivity contribution in [1.82, 2.24) is 0 Å². The van der Waals surface area contributed by atoms with E-state index in [9.17, 15) is 4.79 Å². The SMILES string of the molecule is O=C(OOB(O)O)c1cccc2ccccc12. The highest BCUT2D eigenvalue weighted by Crippen LogP contribution is 2.19. The summed E-state index contributed by atoms with van der Waals surface area (Å²) in [7, 11) is -2.14. The molecule has 5 nitrogen and oxygen atoms in total. The fraction of sp³-hybridized carbons (Fsp3) is 0. The molecular weight excluding hydrogens is 223 g/mol. The predicted octanol–water partition coefficient (Wildman–Crippen LogP) is 0.898. The Morgan fingerprint density at radius 2 is 1.76 bits per heavy atom. The molecule has 0 atom stereocenters. The van der Waals surface area contributed by atoms with Gasteiger partial charge in [0.05, 0.1) is 5.56 Å². The van der Waals surface area contributed by atoms with E-state index in [0.29, 0.717) is 10.9 Å². The molecule has 0 aliphatic carbocycles. The zero-order chi connectivity index (χ0) is 12.3. The van der Waals surface area contributed by atoms with Crippen molar-refractivity contribution >= 4 is 24.1 Å². The lowest BCUT2D eigenvalue weighted by Gasteiger charge is -2.05. The fourth-order valence-electron chi connectivity index (χ4n) is 1.54. The number of fused-ring (bicyclic) bond motifs is 1. The lowest BCUT2D eigenvalue weighted by Crippen LogP contribution is -2.20. The Morgan fingerprint density at radius 1 is 1.06 bits per heavy atom. The van der Waals surface area contributed by atoms with Crippen LogP contribution in [0, 0.1) is 0 Å². The Hall–Kier alpha value is -1.89. The standard InChI is InChI=1S/C11H9BO5/c13-11(16-17-12(14)15)10-7-3-5-8-4-1-2-6-9(8)10/h1-7,14-15H. The van der Waals surface area contributed by atoms with Crippen molar-refractivity contribution in [2.75, 3.05) is 0 Å². The number of carbonyl (C=O) groups excluding carboxylic acids is 1. The van der Waals surface area contributed by atoms with Gasteiger partial charge in [0.1, 0.15) is 0 Å². The second-order valence-electron chi connectivity index (χ2n) is 3.32. The third-order valence-electron chi connectivity index (χ3n) is 2.22. The molecule has 0 spiro atoms. The number of hydrogen-bond acceptors (Lipinski definition) is 5. The first kappa shape index (κ1) is 11.6. The number of rotatable bonds is 3. The summed E-state index contributed by atoms with van der Waals surface area (Å²) in [6.07, 6.45) is 0. The minimum atomic E-state index is -2.14. The van der Waals surface area contributed by atoms with Crippen molar-refractivity contribution < 1.29 is 24.5 Å². The van der Waals surface area contributed by atoms with Crippen LogP contribution in [0.1, 0.15) is 10.4 Å². The summed E-state index contributed by atoms with van der Waals surface area (Å²) in [6, 6.07) is 12.4. The van der Waals surface area contributed by atoms with Crippen LogP contribution in [0.5, 0.6) is 0 Å². The highest BCUT2D eigenvalue weighted by atomic mass is 17.2. The minimum Gasteiger partial charge on any atom is -0.400 e. The second-order valence-corrected chi connectivity index (χ2v) is 3.32. The van der Waals surface area contributed by atoms with Crippen LogP contribution in [0.25, 0.3) is 10.8 Å². The average Bonchev–Trinajstić information content (AvgIpc) is 2.35. The van der Waals surface area contributed by atoms with Gasteiger partial charge >= 0.3 is 13.3 Å². The normalized spacial score (nSPS) is 10.2. The van der Waals surface area contributed by atoms with Crippen molar-refractivity contribution in [2.24, 2.45) is 0 Å². The summed E-state index contributed by atoms with van der Waals surface area (Å²) in [4.78, 5) is 19.8. The highest BCUT2D eigenvalue weighted by Gasteiger charge is 2.17. The molecule has 6 heteroatoms. The molecule has 2 aromatic carbocycles. The van der Waals surface area contributed by atoms with E-state index in [2.05, 4.69) is 9.69 Å². The maximum atomic E-state index is 11.6. The Morgan fingerprint density at radius 3 is 2.53 bits per heavy atom. The summed E-state index contributed by atoms with van der Waals surface area (Å²) in [5.74, 6) is -0.782. The Bertz CT molecular complexity index is 535. The molecule has 0 aliphatic heterocycles. The number of carbonyl (C=O) groups is 1. The Balaban J connectivity index is 2.32. The van der Waals surface area contributed by atoms with Gasteiger partial charge in [0.15, 0.2) is 0 Å². The molecule has 2 aromatic rings. The van der Waals surface area contributed by atoms with Gasteiger partial charge in [-0.3, -0.25) is 0 Å². The van der Waals surface area contributed by atoms with E-state index in [4.69, 9.17) is 10.0 Å². The summed E-state index contributed by atoms with van der Waals surface area (Å²) >= 11 is 0. The van der Waals surface area contributed by atoms with Crippen molar-refractivity contribution in [3.05, 3.63) is 48.0 Å². The Kier molecular flexibility index (Phi) is 3.39. The largest absolute Gasteiger partial charge is 0.673 e. The first-order valence-electron chi connectivity index (χ1n) is 4.90. The number of hydrogen-bond donors (Lipinski definition) is 2. The van der Waals surface area contributed by atoms with Crippen LogP contribution in [0.4, 0.5) is 0 Å². The van der Waals surface area contributed by atoms with Crippen LogP contribution in [0.3, 0.4) is 0 Å². The zero-order valence-electron chi connectivity index (χ0n) is 8.74. The zero-order valence-corrected chi connectivity index (χ0v) is 8.74. The van der Waals surface area contributed by atoms with Crippen LogP contribution in [-0.2, 0) is 9.69 Å². The van der Waals surface area contributed by atoms with Gasteiger partial charge in [-0.2, -0.15) is 4.81 Å². The van der Waals surface area contributed by atoms with E-state index in [1.165, 1.54) is 0 Å². The monoisotopic (exact) mass is 232 g/mol. The summed E-state index contributed by atoms with van der Waals surface area (Å²) in [5, 5.41) is 18.4. The van der Waals surface area contributed by atoms with Crippen LogP contribution in [0.2, 0.25) is 0 Å². The van der Waals surface area contributed by atoms with Crippen molar-refractivity contribution in [3.8, 4) is 0 Å². The lowest BCUT2D eigenvalue weighted by atomic mass is 10.1. The molecule has 2 rings (SSSR count). The molecule has 0 amide bonds. The maximum absolute atomic E-state index is 11.6. The van der Waals surface area contributed by atoms with E-state index in [1.54, 1.807) is 24.3 Å². The Labute approximate surface area is 97.3 Å². The van der Waals surface area contributed by atoms with Crippen molar-refractivity contribution in [3.63, 3.8) is 0 Å². The molecule has 0 bridgehead atoms. The van der Waals surface area contributed by atoms with Gasteiger partial charge in [-0.1, -0.05) is 36.4 Å². The summed E-state index contributed by atoms with van der Waals surface area (Å²) < 4.78 is 0. The average molecular weight is 232 g/mol. The molecule has 0 saturated heterocycles. The third-order valence-corrected chi connectivity index (χ3v) is 2.22. The van der Waals surface area contributed by atoms with E-state index >= 15 is 0 Å². The van der Waals surface area contributed by atoms with Gasteiger partial charge in [0.2, 0.25) is 0 Å². The third kappa shape index (κ3) is 2.62. The summed E-state index contributed by atoms with van der Waals surface area (Å²) in [6.45, 7) is 0. The fourth-order valence-corrected chi connectivity index (χ4v) is 1.54. The van der Waals surface area contributed by atoms with E-state index < -0.39 is 13.3 Å². The molecule has 0 unspecified atom stereocenters. The molecule has 0 aromatic heterocycles. The second kappa shape index (κ2) is 4.96. The van der Waals surface area contributed by atoms with Gasteiger partial charge < -0.3 is 14.9 Å². The minimum absolute atomic E-state index is 0.295. The first-order chi connectivity index (χ1) is 8.18. The van der Waals surface area contributed by atoms with Crippen molar-refractivity contribution in [1.29, 1.82) is 0 Å². The molecule has 17 heavy (non-hydrogen) atoms. The van der Waals surface area contributed by atoms with Gasteiger partial charge in [0, 0.05) is 0 Å². The van der Waals surface area contributed by atoms with E-state index in [1.807, 2.05) is 18.2 Å². The highest BCUT2D eigenvalue weighted by molar-refractivity contribution is 6.32. The molecule has 2 N–H and O–H groups in total. The van der Waals surface area contributed by atoms with Crippen LogP contribution in [-0.4, -0.2) is 23.3 Å². The quantitative estimate of drug-likeness (QED) is 0.467. The summed E-state index contributed by atoms with van der Waals surface area (Å²) in [5.41, 5.74) is 0.295. The smallest absolute Gasteiger partial charge is 0.400 e. The molecule has 0 radical (unpaired) electrons. The lowest BCUT2D eigenvalue weighted by molar-refractivity contribution is -0.179. The van der Waals surface area contributed by atoms with E-state index in [-0.39, 0.29) is 0 Å². The molecule has 0 saturated carbocycles. The molecule has 0 fully saturated rings. The van der Waals surface area contributed by atoms with Crippen molar-refractivity contribution in [2.45, 2.75) is 0 Å². The van der Waals surface area contributed by atoms with Gasteiger partial charge in [-0.25, -0.2) is 4.79 Å². The topological polar surface area (TPSA) is 76.0 Å². The number of benzene rings is 2. The van der Waals surface area contributed by atoms with Gasteiger partial charge in [0.25, 0.3) is 0 Å².